The first kappa shape index (κ1) is 11.1. The fourth-order valence-electron chi connectivity index (χ4n) is 1.27. The van der Waals surface area contributed by atoms with E-state index in [-0.39, 0.29) is 5.78 Å². The Morgan fingerprint density at radius 1 is 1.43 bits per heavy atom. The van der Waals surface area contributed by atoms with Gasteiger partial charge in [-0.1, -0.05) is 18.2 Å². The molecule has 1 rings (SSSR count). The minimum atomic E-state index is 0.238. The number of ether oxygens (including phenoxy) is 1. The molecule has 0 unspecified atom stereocenters. The molecule has 1 aromatic carbocycles. The average molecular weight is 210 g/mol. The summed E-state index contributed by atoms with van der Waals surface area (Å²) in [6.45, 7) is 0. The number of carbonyl (C=O) groups excluding carboxylic acids is 1. The Bertz CT molecular complexity index is 310. The molecule has 0 amide bonds. The van der Waals surface area contributed by atoms with Crippen LogP contribution in [0.5, 0.6) is 5.75 Å². The molecule has 3 heteroatoms. The molecule has 0 radical (unpaired) electrons. The SMILES string of the molecule is COc1ccccc1CC(=O)CSC. The molecule has 0 heterocycles. The van der Waals surface area contributed by atoms with Crippen LogP contribution >= 0.6 is 11.8 Å². The number of benzene rings is 1. The number of carbonyl (C=O) groups is 1. The third kappa shape index (κ3) is 3.07. The van der Waals surface area contributed by atoms with Crippen molar-refractivity contribution in [3.63, 3.8) is 0 Å². The molecule has 0 aliphatic carbocycles. The zero-order valence-electron chi connectivity index (χ0n) is 8.45. The molecule has 0 atom stereocenters. The summed E-state index contributed by atoms with van der Waals surface area (Å²) in [7, 11) is 1.62. The maximum absolute atomic E-state index is 11.4. The van der Waals surface area contributed by atoms with Crippen LogP contribution in [0.15, 0.2) is 24.3 Å². The van der Waals surface area contributed by atoms with E-state index in [1.165, 1.54) is 0 Å². The van der Waals surface area contributed by atoms with Crippen molar-refractivity contribution < 1.29 is 9.53 Å². The van der Waals surface area contributed by atoms with Gasteiger partial charge in [-0.05, 0) is 12.3 Å². The molecule has 0 N–H and O–H groups in total. The van der Waals surface area contributed by atoms with Crippen molar-refractivity contribution in [2.75, 3.05) is 19.1 Å². The number of Topliss-reactive ketones (excluding diaryl/α,β-unsaturated/α-hetero) is 1. The predicted octanol–water partition coefficient (Wildman–Crippen LogP) is 2.17. The third-order valence-corrected chi connectivity index (χ3v) is 2.50. The minimum Gasteiger partial charge on any atom is -0.496 e. The van der Waals surface area contributed by atoms with Crippen LogP contribution in [0.3, 0.4) is 0 Å². The first-order chi connectivity index (χ1) is 6.77. The van der Waals surface area contributed by atoms with Crippen molar-refractivity contribution in [3.8, 4) is 5.75 Å². The van der Waals surface area contributed by atoms with Gasteiger partial charge in [0.1, 0.15) is 11.5 Å². The van der Waals surface area contributed by atoms with E-state index in [0.29, 0.717) is 12.2 Å². The summed E-state index contributed by atoms with van der Waals surface area (Å²) >= 11 is 1.55. The van der Waals surface area contributed by atoms with Crippen molar-refractivity contribution >= 4 is 17.5 Å². The number of methoxy groups -OCH3 is 1. The molecule has 0 aliphatic heterocycles. The van der Waals surface area contributed by atoms with E-state index >= 15 is 0 Å². The summed E-state index contributed by atoms with van der Waals surface area (Å²) in [6, 6.07) is 7.63. The van der Waals surface area contributed by atoms with Gasteiger partial charge in [-0.2, -0.15) is 11.8 Å². The largest absolute Gasteiger partial charge is 0.496 e. The van der Waals surface area contributed by atoms with Gasteiger partial charge in [0, 0.05) is 12.0 Å². The highest BCUT2D eigenvalue weighted by atomic mass is 32.2. The molecular weight excluding hydrogens is 196 g/mol. The molecule has 2 nitrogen and oxygen atoms in total. The van der Waals surface area contributed by atoms with Gasteiger partial charge >= 0.3 is 0 Å². The highest BCUT2D eigenvalue weighted by Crippen LogP contribution is 2.18. The summed E-state index contributed by atoms with van der Waals surface area (Å²) in [6.07, 6.45) is 2.39. The normalized spacial score (nSPS) is 9.86. The molecule has 0 saturated carbocycles. The third-order valence-electron chi connectivity index (χ3n) is 1.89. The summed E-state index contributed by atoms with van der Waals surface area (Å²) in [5.74, 6) is 1.60. The molecule has 0 spiro atoms. The Morgan fingerprint density at radius 2 is 2.14 bits per heavy atom. The van der Waals surface area contributed by atoms with E-state index < -0.39 is 0 Å². The van der Waals surface area contributed by atoms with Crippen molar-refractivity contribution in [2.24, 2.45) is 0 Å². The highest BCUT2D eigenvalue weighted by Gasteiger charge is 2.06. The van der Waals surface area contributed by atoms with Crippen molar-refractivity contribution in [3.05, 3.63) is 29.8 Å². The maximum atomic E-state index is 11.4. The average Bonchev–Trinajstić information content (AvgIpc) is 2.19. The van der Waals surface area contributed by atoms with E-state index in [2.05, 4.69) is 0 Å². The minimum absolute atomic E-state index is 0.238. The van der Waals surface area contributed by atoms with Gasteiger partial charge in [-0.15, -0.1) is 0 Å². The number of thioether (sulfide) groups is 1. The zero-order chi connectivity index (χ0) is 10.4. The van der Waals surface area contributed by atoms with Gasteiger partial charge in [0.25, 0.3) is 0 Å². The second kappa shape index (κ2) is 5.70. The second-order valence-electron chi connectivity index (χ2n) is 2.96. The van der Waals surface area contributed by atoms with Crippen LogP contribution in [-0.2, 0) is 11.2 Å². The van der Waals surface area contributed by atoms with Crippen LogP contribution in [0.1, 0.15) is 5.56 Å². The maximum Gasteiger partial charge on any atom is 0.147 e. The number of hydrogen-bond acceptors (Lipinski definition) is 3. The van der Waals surface area contributed by atoms with Crippen LogP contribution in [-0.4, -0.2) is 24.9 Å². The number of para-hydroxylation sites is 1. The fourth-order valence-corrected chi connectivity index (χ4v) is 1.70. The standard InChI is InChI=1S/C11H14O2S/c1-13-11-6-4-3-5-9(11)7-10(12)8-14-2/h3-6H,7-8H2,1-2H3. The van der Waals surface area contributed by atoms with Gasteiger partial charge in [-0.3, -0.25) is 4.79 Å². The summed E-state index contributed by atoms with van der Waals surface area (Å²) < 4.78 is 5.17. The van der Waals surface area contributed by atoms with Crippen molar-refractivity contribution in [2.45, 2.75) is 6.42 Å². The van der Waals surface area contributed by atoms with E-state index in [4.69, 9.17) is 4.74 Å². The van der Waals surface area contributed by atoms with Crippen LogP contribution in [0.2, 0.25) is 0 Å². The summed E-state index contributed by atoms with van der Waals surface area (Å²) in [4.78, 5) is 11.4. The molecule has 14 heavy (non-hydrogen) atoms. The zero-order valence-corrected chi connectivity index (χ0v) is 9.26. The molecule has 0 aliphatic rings. The quantitative estimate of drug-likeness (QED) is 0.745. The number of ketones is 1. The van der Waals surface area contributed by atoms with E-state index in [9.17, 15) is 4.79 Å². The Morgan fingerprint density at radius 3 is 2.79 bits per heavy atom. The second-order valence-corrected chi connectivity index (χ2v) is 3.83. The summed E-state index contributed by atoms with van der Waals surface area (Å²) in [5.41, 5.74) is 0.967. The number of rotatable bonds is 5. The predicted molar refractivity (Wildman–Crippen MR) is 60.1 cm³/mol. The van der Waals surface area contributed by atoms with Gasteiger partial charge < -0.3 is 4.74 Å². The molecule has 76 valence electrons. The van der Waals surface area contributed by atoms with Gasteiger partial charge in [0.2, 0.25) is 0 Å². The molecule has 0 fully saturated rings. The first-order valence-electron chi connectivity index (χ1n) is 4.40. The Kier molecular flexibility index (Phi) is 4.53. The molecule has 0 bridgehead atoms. The van der Waals surface area contributed by atoms with Crippen molar-refractivity contribution in [1.82, 2.24) is 0 Å². The van der Waals surface area contributed by atoms with Crippen LogP contribution in [0, 0.1) is 0 Å². The molecule has 0 aromatic heterocycles. The lowest BCUT2D eigenvalue weighted by atomic mass is 10.1. The lowest BCUT2D eigenvalue weighted by Crippen LogP contribution is -2.06. The number of hydrogen-bond donors (Lipinski definition) is 0. The molecule has 1 aromatic rings. The Hall–Kier alpha value is -0.960. The van der Waals surface area contributed by atoms with E-state index in [0.717, 1.165) is 11.3 Å². The lowest BCUT2D eigenvalue weighted by molar-refractivity contribution is -0.116. The van der Waals surface area contributed by atoms with Gasteiger partial charge in [0.05, 0.1) is 12.9 Å². The fraction of sp³-hybridized carbons (Fsp3) is 0.364. The van der Waals surface area contributed by atoms with Crippen LogP contribution in [0.25, 0.3) is 0 Å². The van der Waals surface area contributed by atoms with E-state index in [1.807, 2.05) is 30.5 Å². The topological polar surface area (TPSA) is 26.3 Å². The molecule has 0 saturated heterocycles. The Labute approximate surface area is 88.7 Å². The van der Waals surface area contributed by atoms with Gasteiger partial charge in [-0.25, -0.2) is 0 Å². The first-order valence-corrected chi connectivity index (χ1v) is 5.80. The van der Waals surface area contributed by atoms with Crippen molar-refractivity contribution in [1.29, 1.82) is 0 Å². The molecular formula is C11H14O2S. The lowest BCUT2D eigenvalue weighted by Gasteiger charge is -2.06. The summed E-state index contributed by atoms with van der Waals surface area (Å²) in [5, 5.41) is 0. The highest BCUT2D eigenvalue weighted by molar-refractivity contribution is 7.99. The Balaban J connectivity index is 2.70. The van der Waals surface area contributed by atoms with Crippen LogP contribution < -0.4 is 4.74 Å². The van der Waals surface area contributed by atoms with E-state index in [1.54, 1.807) is 18.9 Å². The van der Waals surface area contributed by atoms with Crippen LogP contribution in [0.4, 0.5) is 0 Å². The monoisotopic (exact) mass is 210 g/mol. The smallest absolute Gasteiger partial charge is 0.147 e. The van der Waals surface area contributed by atoms with Gasteiger partial charge in [0.15, 0.2) is 0 Å².